The topological polar surface area (TPSA) is 49.4 Å². The Hall–Kier alpha value is -1.55. The Bertz CT molecular complexity index is 368. The minimum Gasteiger partial charge on any atom is -0.335 e. The second-order valence-corrected chi connectivity index (χ2v) is 3.56. The first-order valence-electron chi connectivity index (χ1n) is 4.78. The van der Waals surface area contributed by atoms with Gasteiger partial charge in [-0.2, -0.15) is 0 Å². The Kier molecular flexibility index (Phi) is 4.79. The first-order chi connectivity index (χ1) is 7.63. The maximum atomic E-state index is 11.5. The van der Waals surface area contributed by atoms with Gasteiger partial charge in [0.25, 0.3) is 0 Å². The minimum atomic E-state index is -0.273. The highest BCUT2D eigenvalue weighted by Gasteiger charge is 2.11. The van der Waals surface area contributed by atoms with Gasteiger partial charge in [0.1, 0.15) is 5.88 Å². The van der Waals surface area contributed by atoms with Crippen LogP contribution in [-0.2, 0) is 9.59 Å². The van der Waals surface area contributed by atoms with Gasteiger partial charge in [-0.1, -0.05) is 18.2 Å². The number of carbonyl (C=O) groups is 2. The lowest BCUT2D eigenvalue weighted by molar-refractivity contribution is -0.131. The van der Waals surface area contributed by atoms with Gasteiger partial charge in [-0.25, -0.2) is 0 Å². The molecule has 5 heteroatoms. The number of carbonyl (C=O) groups excluding carboxylic acids is 2. The van der Waals surface area contributed by atoms with Crippen molar-refractivity contribution in [2.45, 2.75) is 0 Å². The molecule has 0 aliphatic carbocycles. The number of alkyl halides is 1. The number of rotatable bonds is 4. The summed E-state index contributed by atoms with van der Waals surface area (Å²) in [4.78, 5) is 23.9. The maximum absolute atomic E-state index is 11.5. The zero-order valence-electron chi connectivity index (χ0n) is 8.94. The Morgan fingerprint density at radius 2 is 1.94 bits per heavy atom. The summed E-state index contributed by atoms with van der Waals surface area (Å²) in [6, 6.07) is 9.06. The van der Waals surface area contributed by atoms with E-state index < -0.39 is 0 Å². The molecule has 0 aliphatic rings. The minimum absolute atomic E-state index is 0.000444. The van der Waals surface area contributed by atoms with Crippen molar-refractivity contribution in [3.8, 4) is 0 Å². The zero-order chi connectivity index (χ0) is 12.0. The van der Waals surface area contributed by atoms with Crippen LogP contribution in [0, 0.1) is 0 Å². The van der Waals surface area contributed by atoms with E-state index >= 15 is 0 Å². The average Bonchev–Trinajstić information content (AvgIpc) is 2.29. The van der Waals surface area contributed by atoms with Crippen molar-refractivity contribution in [2.24, 2.45) is 0 Å². The number of para-hydroxylation sites is 1. The van der Waals surface area contributed by atoms with Gasteiger partial charge >= 0.3 is 0 Å². The molecule has 0 heterocycles. The van der Waals surface area contributed by atoms with E-state index in [1.54, 1.807) is 12.1 Å². The van der Waals surface area contributed by atoms with E-state index in [0.29, 0.717) is 5.69 Å². The predicted octanol–water partition coefficient (Wildman–Crippen LogP) is 1.32. The van der Waals surface area contributed by atoms with E-state index in [4.69, 9.17) is 11.6 Å². The number of likely N-dealkylation sites (N-methyl/N-ethyl adjacent to an activating group) is 1. The molecule has 0 spiro atoms. The number of hydrogen-bond acceptors (Lipinski definition) is 2. The molecule has 0 unspecified atom stereocenters. The third-order valence-electron chi connectivity index (χ3n) is 1.98. The fourth-order valence-corrected chi connectivity index (χ4v) is 1.33. The quantitative estimate of drug-likeness (QED) is 0.807. The SMILES string of the molecule is CN(CC(=O)Nc1ccccc1)C(=O)CCl. The van der Waals surface area contributed by atoms with Crippen molar-refractivity contribution < 1.29 is 9.59 Å². The van der Waals surface area contributed by atoms with Gasteiger partial charge in [-0.15, -0.1) is 11.6 Å². The third-order valence-corrected chi connectivity index (χ3v) is 2.21. The molecule has 0 fully saturated rings. The number of halogens is 1. The molecule has 0 aliphatic heterocycles. The fraction of sp³-hybridized carbons (Fsp3) is 0.273. The highest BCUT2D eigenvalue weighted by atomic mass is 35.5. The Morgan fingerprint density at radius 1 is 1.31 bits per heavy atom. The second-order valence-electron chi connectivity index (χ2n) is 3.30. The Morgan fingerprint density at radius 3 is 2.50 bits per heavy atom. The normalized spacial score (nSPS) is 9.62. The van der Waals surface area contributed by atoms with E-state index in [9.17, 15) is 9.59 Å². The lowest BCUT2D eigenvalue weighted by Gasteiger charge is -2.15. The molecule has 0 bridgehead atoms. The molecule has 1 N–H and O–H groups in total. The van der Waals surface area contributed by atoms with E-state index in [0.717, 1.165) is 0 Å². The van der Waals surface area contributed by atoms with Crippen LogP contribution in [0.25, 0.3) is 0 Å². The molecule has 0 aromatic heterocycles. The van der Waals surface area contributed by atoms with E-state index in [1.165, 1.54) is 11.9 Å². The molecule has 4 nitrogen and oxygen atoms in total. The van der Waals surface area contributed by atoms with Crippen LogP contribution in [-0.4, -0.2) is 36.2 Å². The average molecular weight is 241 g/mol. The smallest absolute Gasteiger partial charge is 0.243 e. The van der Waals surface area contributed by atoms with E-state index in [2.05, 4.69) is 5.32 Å². The summed E-state index contributed by atoms with van der Waals surface area (Å²) in [6.45, 7) is 0.000444. The van der Waals surface area contributed by atoms with Gasteiger partial charge in [-0.3, -0.25) is 9.59 Å². The first-order valence-corrected chi connectivity index (χ1v) is 5.31. The second kappa shape index (κ2) is 6.12. The van der Waals surface area contributed by atoms with Crippen molar-refractivity contribution in [1.29, 1.82) is 0 Å². The molecule has 0 radical (unpaired) electrons. The van der Waals surface area contributed by atoms with Gasteiger partial charge in [0.05, 0.1) is 6.54 Å². The molecule has 2 amide bonds. The summed E-state index contributed by atoms with van der Waals surface area (Å²) in [5.74, 6) is -0.633. The molecular formula is C11H13ClN2O2. The number of amides is 2. The van der Waals surface area contributed by atoms with Crippen molar-refractivity contribution in [3.05, 3.63) is 30.3 Å². The van der Waals surface area contributed by atoms with Gasteiger partial charge < -0.3 is 10.2 Å². The van der Waals surface area contributed by atoms with Crippen LogP contribution in [0.1, 0.15) is 0 Å². The molecule has 86 valence electrons. The Labute approximate surface area is 99.2 Å². The molecule has 1 rings (SSSR count). The highest BCUT2D eigenvalue weighted by Crippen LogP contribution is 2.04. The van der Waals surface area contributed by atoms with Gasteiger partial charge in [0, 0.05) is 12.7 Å². The molecule has 1 aromatic rings. The van der Waals surface area contributed by atoms with Crippen LogP contribution >= 0.6 is 11.6 Å². The summed E-state index contributed by atoms with van der Waals surface area (Å²) in [5, 5.41) is 2.68. The molecular weight excluding hydrogens is 228 g/mol. The first kappa shape index (κ1) is 12.5. The van der Waals surface area contributed by atoms with Crippen molar-refractivity contribution in [1.82, 2.24) is 4.90 Å². The van der Waals surface area contributed by atoms with Crippen LogP contribution in [0.5, 0.6) is 0 Å². The molecule has 0 saturated carbocycles. The standard InChI is InChI=1S/C11H13ClN2O2/c1-14(11(16)7-12)8-10(15)13-9-5-3-2-4-6-9/h2-6H,7-8H2,1H3,(H,13,15). The van der Waals surface area contributed by atoms with Gasteiger partial charge in [0.2, 0.25) is 11.8 Å². The molecule has 0 saturated heterocycles. The number of nitrogens with one attached hydrogen (secondary N) is 1. The Balaban J connectivity index is 2.45. The van der Waals surface area contributed by atoms with Crippen LogP contribution < -0.4 is 5.32 Å². The van der Waals surface area contributed by atoms with Crippen LogP contribution in [0.15, 0.2) is 30.3 Å². The molecule has 1 aromatic carbocycles. The van der Waals surface area contributed by atoms with E-state index in [-0.39, 0.29) is 24.2 Å². The van der Waals surface area contributed by atoms with Crippen molar-refractivity contribution in [2.75, 3.05) is 24.8 Å². The van der Waals surface area contributed by atoms with Crippen molar-refractivity contribution >= 4 is 29.1 Å². The predicted molar refractivity (Wildman–Crippen MR) is 63.4 cm³/mol. The van der Waals surface area contributed by atoms with Crippen LogP contribution in [0.2, 0.25) is 0 Å². The number of anilines is 1. The van der Waals surface area contributed by atoms with Crippen LogP contribution in [0.3, 0.4) is 0 Å². The third kappa shape index (κ3) is 3.90. The van der Waals surface area contributed by atoms with Gasteiger partial charge in [0.15, 0.2) is 0 Å². The molecule has 0 atom stereocenters. The lowest BCUT2D eigenvalue weighted by Crippen LogP contribution is -2.35. The van der Waals surface area contributed by atoms with Crippen LogP contribution in [0.4, 0.5) is 5.69 Å². The van der Waals surface area contributed by atoms with E-state index in [1.807, 2.05) is 18.2 Å². The monoisotopic (exact) mass is 240 g/mol. The molecule has 16 heavy (non-hydrogen) atoms. The number of benzene rings is 1. The summed E-state index contributed by atoms with van der Waals surface area (Å²) < 4.78 is 0. The number of nitrogens with zero attached hydrogens (tertiary/aromatic N) is 1. The number of hydrogen-bond donors (Lipinski definition) is 1. The maximum Gasteiger partial charge on any atom is 0.243 e. The fourth-order valence-electron chi connectivity index (χ4n) is 1.13. The summed E-state index contributed by atoms with van der Waals surface area (Å²) >= 11 is 5.37. The van der Waals surface area contributed by atoms with Crippen molar-refractivity contribution in [3.63, 3.8) is 0 Å². The lowest BCUT2D eigenvalue weighted by atomic mass is 10.3. The highest BCUT2D eigenvalue weighted by molar-refractivity contribution is 6.27. The van der Waals surface area contributed by atoms with Gasteiger partial charge in [-0.05, 0) is 12.1 Å². The summed E-state index contributed by atoms with van der Waals surface area (Å²) in [5.41, 5.74) is 0.708. The largest absolute Gasteiger partial charge is 0.335 e. The summed E-state index contributed by atoms with van der Waals surface area (Å²) in [7, 11) is 1.54. The zero-order valence-corrected chi connectivity index (χ0v) is 9.70. The summed E-state index contributed by atoms with van der Waals surface area (Å²) in [6.07, 6.45) is 0.